The highest BCUT2D eigenvalue weighted by molar-refractivity contribution is 8.00. The molecule has 1 aliphatic heterocycles. The Balaban J connectivity index is 2.56. The molecule has 3 heteroatoms. The van der Waals surface area contributed by atoms with E-state index in [4.69, 9.17) is 11.6 Å². The first-order valence-electron chi connectivity index (χ1n) is 4.84. The molecular formula is C10H17ClOS. The fraction of sp³-hybridized carbons (Fsp3) is 0.900. The van der Waals surface area contributed by atoms with Crippen LogP contribution in [0.15, 0.2) is 0 Å². The Hall–Kier alpha value is 0.310. The lowest BCUT2D eigenvalue weighted by atomic mass is 9.88. The SMILES string of the molecule is CC[C@@]1(C)C[C@H](C(=O)CCl)CCS1. The third-order valence-corrected chi connectivity index (χ3v) is 4.79. The van der Waals surface area contributed by atoms with Gasteiger partial charge in [-0.3, -0.25) is 4.79 Å². The number of ketones is 1. The largest absolute Gasteiger partial charge is 0.298 e. The summed E-state index contributed by atoms with van der Waals surface area (Å²) in [4.78, 5) is 11.4. The lowest BCUT2D eigenvalue weighted by Gasteiger charge is -2.36. The van der Waals surface area contributed by atoms with Crippen molar-refractivity contribution in [2.75, 3.05) is 11.6 Å². The quantitative estimate of drug-likeness (QED) is 0.680. The molecule has 0 aliphatic carbocycles. The topological polar surface area (TPSA) is 17.1 Å². The van der Waals surface area contributed by atoms with Crippen molar-refractivity contribution in [2.24, 2.45) is 5.92 Å². The zero-order valence-electron chi connectivity index (χ0n) is 8.31. The van der Waals surface area contributed by atoms with E-state index >= 15 is 0 Å². The van der Waals surface area contributed by atoms with Crippen molar-refractivity contribution in [1.29, 1.82) is 0 Å². The fourth-order valence-corrected chi connectivity index (χ4v) is 3.40. The van der Waals surface area contributed by atoms with Gasteiger partial charge in [-0.2, -0.15) is 11.8 Å². The van der Waals surface area contributed by atoms with Crippen LogP contribution in [0.5, 0.6) is 0 Å². The first-order chi connectivity index (χ1) is 6.11. The van der Waals surface area contributed by atoms with E-state index < -0.39 is 0 Å². The molecule has 0 spiro atoms. The Morgan fingerprint density at radius 1 is 1.69 bits per heavy atom. The Morgan fingerprint density at radius 3 is 2.92 bits per heavy atom. The third-order valence-electron chi connectivity index (χ3n) is 2.93. The smallest absolute Gasteiger partial charge is 0.150 e. The number of alkyl halides is 1. The van der Waals surface area contributed by atoms with Crippen LogP contribution in [-0.2, 0) is 4.79 Å². The van der Waals surface area contributed by atoms with E-state index in [1.807, 2.05) is 11.8 Å². The molecule has 1 aliphatic rings. The molecule has 2 atom stereocenters. The number of Topliss-reactive ketones (excluding diaryl/α,β-unsaturated/α-hetero) is 1. The third kappa shape index (κ3) is 2.88. The van der Waals surface area contributed by atoms with Crippen molar-refractivity contribution in [2.45, 2.75) is 37.9 Å². The number of thioether (sulfide) groups is 1. The molecule has 13 heavy (non-hydrogen) atoms. The molecule has 76 valence electrons. The summed E-state index contributed by atoms with van der Waals surface area (Å²) in [7, 11) is 0. The summed E-state index contributed by atoms with van der Waals surface area (Å²) in [5.41, 5.74) is 0. The predicted octanol–water partition coefficient (Wildman–Crippen LogP) is 3.11. The molecule has 0 amide bonds. The van der Waals surface area contributed by atoms with E-state index in [0.29, 0.717) is 4.75 Å². The van der Waals surface area contributed by atoms with Crippen molar-refractivity contribution in [3.05, 3.63) is 0 Å². The molecule has 0 saturated carbocycles. The van der Waals surface area contributed by atoms with Crippen molar-refractivity contribution in [3.8, 4) is 0 Å². The number of hydrogen-bond donors (Lipinski definition) is 0. The van der Waals surface area contributed by atoms with Crippen molar-refractivity contribution in [1.82, 2.24) is 0 Å². The first-order valence-corrected chi connectivity index (χ1v) is 6.36. The minimum absolute atomic E-state index is 0.190. The Kier molecular flexibility index (Phi) is 4.11. The Morgan fingerprint density at radius 2 is 2.38 bits per heavy atom. The van der Waals surface area contributed by atoms with Crippen LogP contribution in [0.4, 0.5) is 0 Å². The number of hydrogen-bond acceptors (Lipinski definition) is 2. The minimum Gasteiger partial charge on any atom is -0.298 e. The highest BCUT2D eigenvalue weighted by Gasteiger charge is 2.33. The van der Waals surface area contributed by atoms with Crippen molar-refractivity contribution >= 4 is 29.1 Å². The summed E-state index contributed by atoms with van der Waals surface area (Å²) in [5.74, 6) is 1.76. The average molecular weight is 221 g/mol. The van der Waals surface area contributed by atoms with Crippen LogP contribution >= 0.6 is 23.4 Å². The van der Waals surface area contributed by atoms with Crippen molar-refractivity contribution in [3.63, 3.8) is 0 Å². The minimum atomic E-state index is 0.190. The van der Waals surface area contributed by atoms with Gasteiger partial charge in [0, 0.05) is 10.7 Å². The summed E-state index contributed by atoms with van der Waals surface area (Å²) in [6, 6.07) is 0. The zero-order chi connectivity index (χ0) is 9.90. The van der Waals surface area contributed by atoms with E-state index in [1.54, 1.807) is 0 Å². The van der Waals surface area contributed by atoms with Gasteiger partial charge in [0.05, 0.1) is 5.88 Å². The standard InChI is InChI=1S/C10H17ClOS/c1-3-10(2)6-8(4-5-13-10)9(12)7-11/h8H,3-7H2,1-2H3/t8-,10+/m1/s1. The van der Waals surface area contributed by atoms with Crippen LogP contribution in [0.2, 0.25) is 0 Å². The fourth-order valence-electron chi connectivity index (χ4n) is 1.76. The van der Waals surface area contributed by atoms with Crippen LogP contribution in [-0.4, -0.2) is 22.2 Å². The Labute approximate surface area is 89.6 Å². The summed E-state index contributed by atoms with van der Waals surface area (Å²) in [5, 5.41) is 0. The monoisotopic (exact) mass is 220 g/mol. The lowest BCUT2D eigenvalue weighted by molar-refractivity contribution is -0.121. The molecule has 0 bridgehead atoms. The summed E-state index contributed by atoms with van der Waals surface area (Å²) >= 11 is 7.57. The second kappa shape index (κ2) is 4.70. The summed E-state index contributed by atoms with van der Waals surface area (Å²) in [6.07, 6.45) is 3.18. The van der Waals surface area contributed by atoms with Gasteiger partial charge in [-0.25, -0.2) is 0 Å². The highest BCUT2D eigenvalue weighted by Crippen LogP contribution is 2.41. The number of halogens is 1. The lowest BCUT2D eigenvalue weighted by Crippen LogP contribution is -2.33. The molecule has 1 saturated heterocycles. The highest BCUT2D eigenvalue weighted by atomic mass is 35.5. The van der Waals surface area contributed by atoms with Crippen LogP contribution in [0, 0.1) is 5.92 Å². The molecule has 0 aromatic carbocycles. The molecule has 1 nitrogen and oxygen atoms in total. The summed E-state index contributed by atoms with van der Waals surface area (Å²) < 4.78 is 0.310. The van der Waals surface area contributed by atoms with Crippen LogP contribution in [0.3, 0.4) is 0 Å². The van der Waals surface area contributed by atoms with Gasteiger partial charge < -0.3 is 0 Å². The van der Waals surface area contributed by atoms with Gasteiger partial charge in [-0.15, -0.1) is 11.6 Å². The molecule has 0 radical (unpaired) electrons. The molecule has 0 aromatic rings. The molecule has 0 aromatic heterocycles. The van der Waals surface area contributed by atoms with E-state index in [1.165, 1.54) is 0 Å². The van der Waals surface area contributed by atoms with E-state index in [9.17, 15) is 4.79 Å². The van der Waals surface area contributed by atoms with Crippen LogP contribution in [0.1, 0.15) is 33.1 Å². The number of rotatable bonds is 3. The number of carbonyl (C=O) groups excluding carboxylic acids is 1. The van der Waals surface area contributed by atoms with E-state index in [-0.39, 0.29) is 17.6 Å². The maximum absolute atomic E-state index is 11.4. The zero-order valence-corrected chi connectivity index (χ0v) is 9.88. The average Bonchev–Trinajstić information content (AvgIpc) is 2.17. The second-order valence-electron chi connectivity index (χ2n) is 3.94. The molecule has 1 heterocycles. The van der Waals surface area contributed by atoms with Gasteiger partial charge in [0.25, 0.3) is 0 Å². The first kappa shape index (κ1) is 11.4. The molecule has 0 N–H and O–H groups in total. The molecule has 1 rings (SSSR count). The number of carbonyl (C=O) groups is 1. The second-order valence-corrected chi connectivity index (χ2v) is 5.89. The van der Waals surface area contributed by atoms with Gasteiger partial charge in [-0.1, -0.05) is 13.8 Å². The van der Waals surface area contributed by atoms with Gasteiger partial charge in [0.1, 0.15) is 0 Å². The maximum atomic E-state index is 11.4. The Bertz CT molecular complexity index is 195. The van der Waals surface area contributed by atoms with Gasteiger partial charge >= 0.3 is 0 Å². The van der Waals surface area contributed by atoms with Gasteiger partial charge in [-0.05, 0) is 25.0 Å². The normalized spacial score (nSPS) is 34.5. The molecule has 1 fully saturated rings. The van der Waals surface area contributed by atoms with Crippen LogP contribution < -0.4 is 0 Å². The predicted molar refractivity (Wildman–Crippen MR) is 59.6 cm³/mol. The van der Waals surface area contributed by atoms with E-state index in [0.717, 1.165) is 25.0 Å². The molecule has 0 unspecified atom stereocenters. The molecular weight excluding hydrogens is 204 g/mol. The van der Waals surface area contributed by atoms with Crippen molar-refractivity contribution < 1.29 is 4.79 Å². The maximum Gasteiger partial charge on any atom is 0.150 e. The summed E-state index contributed by atoms with van der Waals surface area (Å²) in [6.45, 7) is 4.45. The van der Waals surface area contributed by atoms with Crippen LogP contribution in [0.25, 0.3) is 0 Å². The van der Waals surface area contributed by atoms with Gasteiger partial charge in [0.2, 0.25) is 0 Å². The van der Waals surface area contributed by atoms with Gasteiger partial charge in [0.15, 0.2) is 5.78 Å². The van der Waals surface area contributed by atoms with E-state index in [2.05, 4.69) is 13.8 Å².